The van der Waals surface area contributed by atoms with Crippen LogP contribution in [0, 0.1) is 0 Å². The molecule has 0 atom stereocenters. The minimum atomic E-state index is 0.723. The van der Waals surface area contributed by atoms with Crippen LogP contribution in [0.4, 0.5) is 0 Å². The van der Waals surface area contributed by atoms with Gasteiger partial charge in [0.15, 0.2) is 0 Å². The third-order valence-corrected chi connectivity index (χ3v) is 4.52. The Balaban J connectivity index is 2.39. The number of aromatic nitrogens is 1. The van der Waals surface area contributed by atoms with Crippen LogP contribution >= 0.6 is 55.1 Å². The van der Waals surface area contributed by atoms with Crippen molar-refractivity contribution in [3.8, 4) is 11.3 Å². The Labute approximate surface area is 155 Å². The number of hydrogen-bond acceptors (Lipinski definition) is 0. The van der Waals surface area contributed by atoms with Crippen molar-refractivity contribution in [2.24, 2.45) is 7.05 Å². The number of halogens is 4. The summed E-state index contributed by atoms with van der Waals surface area (Å²) in [6, 6.07) is 13.8. The molecule has 0 unspecified atom stereocenters. The zero-order valence-electron chi connectivity index (χ0n) is 11.6. The molecular formula is C17H11Br2Cl2N. The van der Waals surface area contributed by atoms with E-state index >= 15 is 0 Å². The maximum absolute atomic E-state index is 6.18. The summed E-state index contributed by atoms with van der Waals surface area (Å²) >= 11 is 19.1. The molecule has 0 spiro atoms. The maximum Gasteiger partial charge on any atom is 0.0611 e. The van der Waals surface area contributed by atoms with Crippen LogP contribution in [0.5, 0.6) is 0 Å². The highest BCUT2D eigenvalue weighted by molar-refractivity contribution is 9.28. The van der Waals surface area contributed by atoms with Crippen molar-refractivity contribution in [1.29, 1.82) is 0 Å². The fraction of sp³-hybridized carbons (Fsp3) is 0.0588. The molecule has 5 heteroatoms. The van der Waals surface area contributed by atoms with Crippen molar-refractivity contribution in [1.82, 2.24) is 4.57 Å². The van der Waals surface area contributed by atoms with Crippen molar-refractivity contribution in [3.05, 3.63) is 61.5 Å². The first-order valence-electron chi connectivity index (χ1n) is 6.54. The summed E-state index contributed by atoms with van der Waals surface area (Å²) in [7, 11) is 2.06. The van der Waals surface area contributed by atoms with E-state index in [4.69, 9.17) is 23.2 Å². The standard InChI is InChI=1S/C17H11Br2Cl2N/c1-22-15-7-6-12(21)8-13(15)14(9-16(18)19)17(22)10-2-4-11(20)5-3-10/h2-9H,1H3. The highest BCUT2D eigenvalue weighted by Gasteiger charge is 2.15. The van der Waals surface area contributed by atoms with Crippen molar-refractivity contribution in [3.63, 3.8) is 0 Å². The molecule has 3 aromatic rings. The Morgan fingerprint density at radius 1 is 1.00 bits per heavy atom. The molecule has 0 aliphatic heterocycles. The van der Waals surface area contributed by atoms with Gasteiger partial charge in [-0.05, 0) is 73.8 Å². The van der Waals surface area contributed by atoms with Gasteiger partial charge in [-0.3, -0.25) is 0 Å². The normalized spacial score (nSPS) is 11.0. The van der Waals surface area contributed by atoms with E-state index in [0.29, 0.717) is 0 Å². The molecule has 0 N–H and O–H groups in total. The van der Waals surface area contributed by atoms with Crippen LogP contribution in [0.25, 0.3) is 28.2 Å². The largest absolute Gasteiger partial charge is 0.343 e. The van der Waals surface area contributed by atoms with Gasteiger partial charge in [-0.1, -0.05) is 35.3 Å². The average Bonchev–Trinajstić information content (AvgIpc) is 2.72. The van der Waals surface area contributed by atoms with Crippen LogP contribution in [0.15, 0.2) is 45.9 Å². The van der Waals surface area contributed by atoms with Gasteiger partial charge in [0.1, 0.15) is 0 Å². The van der Waals surface area contributed by atoms with Gasteiger partial charge < -0.3 is 4.57 Å². The molecule has 1 nitrogen and oxygen atoms in total. The van der Waals surface area contributed by atoms with Gasteiger partial charge in [0.2, 0.25) is 0 Å². The summed E-state index contributed by atoms with van der Waals surface area (Å²) < 4.78 is 3.05. The minimum absolute atomic E-state index is 0.723. The predicted molar refractivity (Wildman–Crippen MR) is 104 cm³/mol. The van der Waals surface area contributed by atoms with E-state index in [-0.39, 0.29) is 0 Å². The van der Waals surface area contributed by atoms with Crippen molar-refractivity contribution in [2.45, 2.75) is 0 Å². The third-order valence-electron chi connectivity index (χ3n) is 3.57. The van der Waals surface area contributed by atoms with Gasteiger partial charge in [0.05, 0.1) is 9.09 Å². The molecule has 0 radical (unpaired) electrons. The molecule has 0 fully saturated rings. The van der Waals surface area contributed by atoms with Gasteiger partial charge in [-0.2, -0.15) is 0 Å². The molecule has 0 saturated heterocycles. The zero-order chi connectivity index (χ0) is 15.9. The maximum atomic E-state index is 6.18. The molecule has 1 heterocycles. The second-order valence-electron chi connectivity index (χ2n) is 4.92. The Bertz CT molecular complexity index is 876. The molecule has 3 rings (SSSR count). The monoisotopic (exact) mass is 457 g/mol. The first kappa shape index (κ1) is 16.1. The van der Waals surface area contributed by atoms with Crippen LogP contribution in [-0.4, -0.2) is 4.57 Å². The van der Waals surface area contributed by atoms with Gasteiger partial charge in [0, 0.05) is 33.6 Å². The Morgan fingerprint density at radius 2 is 1.64 bits per heavy atom. The predicted octanol–water partition coefficient (Wildman–Crippen LogP) is 7.24. The van der Waals surface area contributed by atoms with Crippen molar-refractivity contribution >= 4 is 72.0 Å². The fourth-order valence-electron chi connectivity index (χ4n) is 2.66. The number of rotatable bonds is 2. The molecule has 0 bridgehead atoms. The van der Waals surface area contributed by atoms with Gasteiger partial charge in [0.25, 0.3) is 0 Å². The molecular weight excluding hydrogens is 449 g/mol. The van der Waals surface area contributed by atoms with E-state index < -0.39 is 0 Å². The van der Waals surface area contributed by atoms with E-state index in [1.165, 1.54) is 0 Å². The van der Waals surface area contributed by atoms with Crippen LogP contribution in [0.3, 0.4) is 0 Å². The topological polar surface area (TPSA) is 4.93 Å². The zero-order valence-corrected chi connectivity index (χ0v) is 16.3. The minimum Gasteiger partial charge on any atom is -0.343 e. The summed E-state index contributed by atoms with van der Waals surface area (Å²) in [4.78, 5) is 0. The first-order chi connectivity index (χ1) is 10.5. The lowest BCUT2D eigenvalue weighted by molar-refractivity contribution is 0.977. The third kappa shape index (κ3) is 3.00. The molecule has 1 aromatic heterocycles. The second-order valence-corrected chi connectivity index (χ2v) is 8.57. The molecule has 0 aliphatic carbocycles. The molecule has 2 aromatic carbocycles. The Morgan fingerprint density at radius 3 is 2.27 bits per heavy atom. The molecule has 0 saturated carbocycles. The van der Waals surface area contributed by atoms with Gasteiger partial charge in [-0.15, -0.1) is 0 Å². The van der Waals surface area contributed by atoms with Crippen molar-refractivity contribution < 1.29 is 0 Å². The fourth-order valence-corrected chi connectivity index (χ4v) is 3.41. The van der Waals surface area contributed by atoms with E-state index in [9.17, 15) is 0 Å². The van der Waals surface area contributed by atoms with E-state index in [1.54, 1.807) is 0 Å². The molecule has 0 amide bonds. The van der Waals surface area contributed by atoms with Crippen LogP contribution in [-0.2, 0) is 7.05 Å². The van der Waals surface area contributed by atoms with Gasteiger partial charge >= 0.3 is 0 Å². The Hall–Kier alpha value is -0.740. The quantitative estimate of drug-likeness (QED) is 0.380. The smallest absolute Gasteiger partial charge is 0.0611 e. The van der Waals surface area contributed by atoms with E-state index in [1.807, 2.05) is 48.5 Å². The second kappa shape index (κ2) is 6.40. The van der Waals surface area contributed by atoms with Crippen LogP contribution < -0.4 is 0 Å². The summed E-state index contributed by atoms with van der Waals surface area (Å²) in [6.07, 6.45) is 2.04. The number of nitrogens with zero attached hydrogens (tertiary/aromatic N) is 1. The van der Waals surface area contributed by atoms with Gasteiger partial charge in [-0.25, -0.2) is 0 Å². The highest BCUT2D eigenvalue weighted by atomic mass is 79.9. The number of fused-ring (bicyclic) bond motifs is 1. The highest BCUT2D eigenvalue weighted by Crippen LogP contribution is 2.37. The Kier molecular flexibility index (Phi) is 4.69. The lowest BCUT2D eigenvalue weighted by Gasteiger charge is -2.06. The first-order valence-corrected chi connectivity index (χ1v) is 8.88. The molecule has 0 aliphatic rings. The number of hydrogen-bond donors (Lipinski definition) is 0. The van der Waals surface area contributed by atoms with E-state index in [2.05, 4.69) is 43.5 Å². The van der Waals surface area contributed by atoms with Crippen LogP contribution in [0.1, 0.15) is 5.56 Å². The summed E-state index contributed by atoms with van der Waals surface area (Å²) in [5.41, 5.74) is 4.45. The number of benzene rings is 2. The molecule has 112 valence electrons. The summed E-state index contributed by atoms with van der Waals surface area (Å²) in [5, 5.41) is 2.56. The van der Waals surface area contributed by atoms with Crippen LogP contribution in [0.2, 0.25) is 10.0 Å². The average molecular weight is 460 g/mol. The molecule has 22 heavy (non-hydrogen) atoms. The summed E-state index contributed by atoms with van der Waals surface area (Å²) in [6.45, 7) is 0. The lowest BCUT2D eigenvalue weighted by atomic mass is 10.1. The van der Waals surface area contributed by atoms with E-state index in [0.717, 1.165) is 41.2 Å². The van der Waals surface area contributed by atoms with Crippen molar-refractivity contribution in [2.75, 3.05) is 0 Å². The summed E-state index contributed by atoms with van der Waals surface area (Å²) in [5.74, 6) is 0. The lowest BCUT2D eigenvalue weighted by Crippen LogP contribution is -1.92. The SMILES string of the molecule is Cn1c(-c2ccc(Cl)cc2)c(C=C(Br)Br)c2cc(Cl)ccc21. The number of aryl methyl sites for hydroxylation is 1.